The summed E-state index contributed by atoms with van der Waals surface area (Å²) in [6.45, 7) is 2.09. The molecule has 0 aliphatic heterocycles. The molecular formula is C26H30O6. The number of methoxy groups -OCH3 is 6. The van der Waals surface area contributed by atoms with E-state index in [0.29, 0.717) is 34.5 Å². The fourth-order valence-corrected chi connectivity index (χ4v) is 3.97. The van der Waals surface area contributed by atoms with Crippen molar-refractivity contribution in [1.29, 1.82) is 0 Å². The first-order valence-corrected chi connectivity index (χ1v) is 10.2. The summed E-state index contributed by atoms with van der Waals surface area (Å²) < 4.78 is 33.8. The van der Waals surface area contributed by atoms with E-state index in [1.54, 1.807) is 42.7 Å². The normalized spacial score (nSPS) is 10.6. The van der Waals surface area contributed by atoms with Crippen molar-refractivity contribution in [3.8, 4) is 34.5 Å². The Morgan fingerprint density at radius 2 is 0.844 bits per heavy atom. The standard InChI is InChI=1S/C26H30O6/c1-16-10-8-9-11-17(16)26(18-12-22(29-4)24(31-6)14-20(18)27-2)19-13-23(30-5)25(32-7)15-21(19)28-3/h8-15,26H,1-7H3. The van der Waals surface area contributed by atoms with Gasteiger partial charge < -0.3 is 28.4 Å². The second kappa shape index (κ2) is 10.2. The Hall–Kier alpha value is -3.54. The minimum atomic E-state index is -0.235. The van der Waals surface area contributed by atoms with Crippen LogP contribution in [0.25, 0.3) is 0 Å². The van der Waals surface area contributed by atoms with Crippen molar-refractivity contribution in [3.63, 3.8) is 0 Å². The van der Waals surface area contributed by atoms with Crippen molar-refractivity contribution in [3.05, 3.63) is 70.8 Å². The lowest BCUT2D eigenvalue weighted by Crippen LogP contribution is -2.10. The smallest absolute Gasteiger partial charge is 0.164 e. The lowest BCUT2D eigenvalue weighted by atomic mass is 9.81. The van der Waals surface area contributed by atoms with E-state index in [2.05, 4.69) is 19.1 Å². The molecular weight excluding hydrogens is 408 g/mol. The predicted octanol–water partition coefficient (Wildman–Crippen LogP) is 5.23. The van der Waals surface area contributed by atoms with Gasteiger partial charge in [-0.05, 0) is 30.2 Å². The van der Waals surface area contributed by atoms with Gasteiger partial charge in [0, 0.05) is 29.2 Å². The SMILES string of the molecule is COc1cc(OC)c(C(c2ccccc2C)c2cc(OC)c(OC)cc2OC)cc1OC. The molecule has 0 aliphatic carbocycles. The number of hydrogen-bond donors (Lipinski definition) is 0. The van der Waals surface area contributed by atoms with Gasteiger partial charge in [0.25, 0.3) is 0 Å². The number of aryl methyl sites for hydroxylation is 1. The zero-order valence-corrected chi connectivity index (χ0v) is 19.6. The molecule has 0 amide bonds. The van der Waals surface area contributed by atoms with Crippen LogP contribution in [0.4, 0.5) is 0 Å². The summed E-state index contributed by atoms with van der Waals surface area (Å²) >= 11 is 0. The molecule has 0 aromatic heterocycles. The van der Waals surface area contributed by atoms with Crippen molar-refractivity contribution in [2.45, 2.75) is 12.8 Å². The monoisotopic (exact) mass is 438 g/mol. The maximum atomic E-state index is 5.79. The Kier molecular flexibility index (Phi) is 7.36. The molecule has 0 spiro atoms. The molecule has 0 saturated heterocycles. The van der Waals surface area contributed by atoms with E-state index < -0.39 is 0 Å². The first kappa shape index (κ1) is 23.1. The molecule has 0 aliphatic rings. The van der Waals surface area contributed by atoms with E-state index in [9.17, 15) is 0 Å². The first-order valence-electron chi connectivity index (χ1n) is 10.2. The molecule has 0 N–H and O–H groups in total. The van der Waals surface area contributed by atoms with Gasteiger partial charge in [-0.25, -0.2) is 0 Å². The third-order valence-electron chi connectivity index (χ3n) is 5.59. The van der Waals surface area contributed by atoms with Gasteiger partial charge in [-0.3, -0.25) is 0 Å². The van der Waals surface area contributed by atoms with Crippen LogP contribution < -0.4 is 28.4 Å². The van der Waals surface area contributed by atoms with Crippen LogP contribution in [0.15, 0.2) is 48.5 Å². The summed E-state index contributed by atoms with van der Waals surface area (Å²) in [5, 5.41) is 0. The van der Waals surface area contributed by atoms with Crippen molar-refractivity contribution in [1.82, 2.24) is 0 Å². The zero-order valence-electron chi connectivity index (χ0n) is 19.6. The highest BCUT2D eigenvalue weighted by molar-refractivity contribution is 5.62. The summed E-state index contributed by atoms with van der Waals surface area (Å²) in [6.07, 6.45) is 0. The second-order valence-electron chi connectivity index (χ2n) is 7.19. The summed E-state index contributed by atoms with van der Waals surface area (Å²) in [5.41, 5.74) is 4.05. The van der Waals surface area contributed by atoms with E-state index in [0.717, 1.165) is 22.3 Å². The van der Waals surface area contributed by atoms with Crippen molar-refractivity contribution in [2.75, 3.05) is 42.7 Å². The summed E-state index contributed by atoms with van der Waals surface area (Å²) in [6, 6.07) is 15.8. The number of rotatable bonds is 9. The molecule has 0 atom stereocenters. The molecule has 0 unspecified atom stereocenters. The molecule has 0 radical (unpaired) electrons. The van der Waals surface area contributed by atoms with Crippen LogP contribution in [0.5, 0.6) is 34.5 Å². The third kappa shape index (κ3) is 4.26. The van der Waals surface area contributed by atoms with Crippen LogP contribution in [-0.2, 0) is 0 Å². The van der Waals surface area contributed by atoms with Crippen LogP contribution in [0.1, 0.15) is 28.2 Å². The van der Waals surface area contributed by atoms with Crippen LogP contribution in [0.2, 0.25) is 0 Å². The van der Waals surface area contributed by atoms with Crippen LogP contribution in [-0.4, -0.2) is 42.7 Å². The predicted molar refractivity (Wildman–Crippen MR) is 124 cm³/mol. The van der Waals surface area contributed by atoms with Gasteiger partial charge in [0.1, 0.15) is 11.5 Å². The van der Waals surface area contributed by atoms with Gasteiger partial charge in [0.2, 0.25) is 0 Å². The molecule has 3 rings (SSSR count). The quantitative estimate of drug-likeness (QED) is 0.427. The third-order valence-corrected chi connectivity index (χ3v) is 5.59. The molecule has 170 valence electrons. The molecule has 0 saturated carbocycles. The fourth-order valence-electron chi connectivity index (χ4n) is 3.97. The van der Waals surface area contributed by atoms with Crippen LogP contribution in [0.3, 0.4) is 0 Å². The maximum Gasteiger partial charge on any atom is 0.164 e. The van der Waals surface area contributed by atoms with Crippen molar-refractivity contribution in [2.24, 2.45) is 0 Å². The largest absolute Gasteiger partial charge is 0.496 e. The Bertz CT molecular complexity index is 1010. The molecule has 6 nitrogen and oxygen atoms in total. The minimum Gasteiger partial charge on any atom is -0.496 e. The first-order chi connectivity index (χ1) is 15.5. The average molecular weight is 439 g/mol. The zero-order chi connectivity index (χ0) is 23.3. The number of ether oxygens (including phenoxy) is 6. The summed E-state index contributed by atoms with van der Waals surface area (Å²) in [5.74, 6) is 3.52. The summed E-state index contributed by atoms with van der Waals surface area (Å²) in [4.78, 5) is 0. The van der Waals surface area contributed by atoms with E-state index in [-0.39, 0.29) is 5.92 Å². The van der Waals surface area contributed by atoms with Crippen LogP contribution in [0, 0.1) is 6.92 Å². The topological polar surface area (TPSA) is 55.4 Å². The lowest BCUT2D eigenvalue weighted by molar-refractivity contribution is 0.345. The van der Waals surface area contributed by atoms with Gasteiger partial charge in [-0.15, -0.1) is 0 Å². The fraction of sp³-hybridized carbons (Fsp3) is 0.308. The van der Waals surface area contributed by atoms with E-state index in [1.807, 2.05) is 36.4 Å². The highest BCUT2D eigenvalue weighted by atomic mass is 16.5. The molecule has 0 heterocycles. The Morgan fingerprint density at radius 1 is 0.469 bits per heavy atom. The van der Waals surface area contributed by atoms with Crippen LogP contribution >= 0.6 is 0 Å². The van der Waals surface area contributed by atoms with Gasteiger partial charge in [-0.2, -0.15) is 0 Å². The Balaban J connectivity index is 2.40. The molecule has 0 bridgehead atoms. The van der Waals surface area contributed by atoms with Gasteiger partial charge in [0.15, 0.2) is 23.0 Å². The molecule has 3 aromatic carbocycles. The molecule has 3 aromatic rings. The molecule has 32 heavy (non-hydrogen) atoms. The maximum absolute atomic E-state index is 5.79. The lowest BCUT2D eigenvalue weighted by Gasteiger charge is -2.26. The number of benzene rings is 3. The summed E-state index contributed by atoms with van der Waals surface area (Å²) in [7, 11) is 9.74. The van der Waals surface area contributed by atoms with Crippen molar-refractivity contribution >= 4 is 0 Å². The minimum absolute atomic E-state index is 0.235. The number of hydrogen-bond acceptors (Lipinski definition) is 6. The van der Waals surface area contributed by atoms with Gasteiger partial charge in [-0.1, -0.05) is 24.3 Å². The van der Waals surface area contributed by atoms with E-state index in [1.165, 1.54) is 0 Å². The molecule has 0 fully saturated rings. The Labute approximate surface area is 189 Å². The molecule has 6 heteroatoms. The van der Waals surface area contributed by atoms with Gasteiger partial charge in [0.05, 0.1) is 42.7 Å². The van der Waals surface area contributed by atoms with E-state index >= 15 is 0 Å². The highest BCUT2D eigenvalue weighted by Gasteiger charge is 2.28. The van der Waals surface area contributed by atoms with Gasteiger partial charge >= 0.3 is 0 Å². The average Bonchev–Trinajstić information content (AvgIpc) is 2.84. The second-order valence-corrected chi connectivity index (χ2v) is 7.19. The highest BCUT2D eigenvalue weighted by Crippen LogP contribution is 2.48. The van der Waals surface area contributed by atoms with Crippen molar-refractivity contribution < 1.29 is 28.4 Å². The van der Waals surface area contributed by atoms with E-state index in [4.69, 9.17) is 28.4 Å². The Morgan fingerprint density at radius 3 is 1.22 bits per heavy atom.